The van der Waals surface area contributed by atoms with Crippen molar-refractivity contribution in [2.45, 2.75) is 30.7 Å². The zero-order chi connectivity index (χ0) is 18.0. The number of hydrogen-bond acceptors (Lipinski definition) is 6. The van der Waals surface area contributed by atoms with Crippen LogP contribution in [0.1, 0.15) is 20.8 Å². The van der Waals surface area contributed by atoms with Gasteiger partial charge in [-0.2, -0.15) is 0 Å². The van der Waals surface area contributed by atoms with Gasteiger partial charge in [0.1, 0.15) is 9.58 Å². The summed E-state index contributed by atoms with van der Waals surface area (Å²) in [5, 5.41) is 0.971. The third kappa shape index (κ3) is 3.77. The number of carbonyl (C=O) groups excluding carboxylic acids is 1. The summed E-state index contributed by atoms with van der Waals surface area (Å²) in [6.07, 6.45) is 0. The predicted molar refractivity (Wildman–Crippen MR) is 102 cm³/mol. The standard InChI is InChI=1S/C18H18N2O3S2/c1-4-23-16(22)18(2,3)25-17-19-14(21)12-10-13(24-15(12)20-17)11-8-6-5-7-9-11/h5-10H,4H2,1-3H3,(H,19,20,21). The molecule has 7 heteroatoms. The van der Waals surface area contributed by atoms with Crippen LogP contribution in [0.4, 0.5) is 0 Å². The van der Waals surface area contributed by atoms with Gasteiger partial charge in [-0.25, -0.2) is 4.98 Å². The normalized spacial score (nSPS) is 11.6. The van der Waals surface area contributed by atoms with E-state index in [1.807, 2.05) is 36.4 Å². The summed E-state index contributed by atoms with van der Waals surface area (Å²) >= 11 is 2.66. The van der Waals surface area contributed by atoms with Gasteiger partial charge in [-0.15, -0.1) is 11.3 Å². The SMILES string of the molecule is CCOC(=O)C(C)(C)Sc1nc2sc(-c3ccccc3)cc2c(=O)[nH]1. The van der Waals surface area contributed by atoms with Crippen molar-refractivity contribution in [1.82, 2.24) is 9.97 Å². The van der Waals surface area contributed by atoms with E-state index in [0.717, 1.165) is 10.4 Å². The van der Waals surface area contributed by atoms with Crippen molar-refractivity contribution in [3.8, 4) is 10.4 Å². The van der Waals surface area contributed by atoms with Gasteiger partial charge in [0.05, 0.1) is 12.0 Å². The van der Waals surface area contributed by atoms with E-state index in [4.69, 9.17) is 4.74 Å². The Kier molecular flexibility index (Phi) is 4.96. The summed E-state index contributed by atoms with van der Waals surface area (Å²) in [6, 6.07) is 11.7. The van der Waals surface area contributed by atoms with E-state index in [2.05, 4.69) is 9.97 Å². The first-order valence-electron chi connectivity index (χ1n) is 7.86. The Balaban J connectivity index is 1.97. The monoisotopic (exact) mass is 374 g/mol. The molecule has 3 aromatic rings. The number of esters is 1. The lowest BCUT2D eigenvalue weighted by atomic mass is 10.2. The maximum atomic E-state index is 12.4. The summed E-state index contributed by atoms with van der Waals surface area (Å²) in [5.74, 6) is -0.334. The molecule has 130 valence electrons. The first-order valence-corrected chi connectivity index (χ1v) is 9.49. The van der Waals surface area contributed by atoms with E-state index >= 15 is 0 Å². The Morgan fingerprint density at radius 1 is 1.32 bits per heavy atom. The summed E-state index contributed by atoms with van der Waals surface area (Å²) in [5.41, 5.74) is 0.844. The number of nitrogens with one attached hydrogen (secondary N) is 1. The average molecular weight is 374 g/mol. The second-order valence-corrected chi connectivity index (χ2v) is 8.54. The topological polar surface area (TPSA) is 72.0 Å². The van der Waals surface area contributed by atoms with Crippen LogP contribution in [0.15, 0.2) is 46.3 Å². The molecule has 0 spiro atoms. The zero-order valence-corrected chi connectivity index (χ0v) is 15.8. The average Bonchev–Trinajstić information content (AvgIpc) is 3.00. The second kappa shape index (κ2) is 7.01. The highest BCUT2D eigenvalue weighted by Crippen LogP contribution is 2.34. The summed E-state index contributed by atoms with van der Waals surface area (Å²) in [6.45, 7) is 5.59. The van der Waals surface area contributed by atoms with Crippen molar-refractivity contribution in [3.63, 3.8) is 0 Å². The fraction of sp³-hybridized carbons (Fsp3) is 0.278. The Bertz CT molecular complexity index is 961. The fourth-order valence-electron chi connectivity index (χ4n) is 2.29. The van der Waals surface area contributed by atoms with Crippen LogP contribution in [-0.4, -0.2) is 27.3 Å². The van der Waals surface area contributed by atoms with Gasteiger partial charge in [0.2, 0.25) is 0 Å². The molecular formula is C18H18N2O3S2. The largest absolute Gasteiger partial charge is 0.465 e. The molecule has 0 unspecified atom stereocenters. The molecular weight excluding hydrogens is 356 g/mol. The van der Waals surface area contributed by atoms with Crippen molar-refractivity contribution in [1.29, 1.82) is 0 Å². The van der Waals surface area contributed by atoms with E-state index in [1.54, 1.807) is 20.8 Å². The number of benzene rings is 1. The zero-order valence-electron chi connectivity index (χ0n) is 14.2. The molecule has 1 N–H and O–H groups in total. The Morgan fingerprint density at radius 2 is 2.04 bits per heavy atom. The number of ether oxygens (including phenoxy) is 1. The van der Waals surface area contributed by atoms with Gasteiger partial charge in [-0.1, -0.05) is 42.1 Å². The summed E-state index contributed by atoms with van der Waals surface area (Å²) in [7, 11) is 0. The molecule has 2 heterocycles. The summed E-state index contributed by atoms with van der Waals surface area (Å²) in [4.78, 5) is 33.4. The molecule has 0 aliphatic carbocycles. The van der Waals surface area contributed by atoms with Crippen molar-refractivity contribution >= 4 is 39.3 Å². The van der Waals surface area contributed by atoms with Crippen LogP contribution in [0.3, 0.4) is 0 Å². The molecule has 0 aliphatic rings. The maximum absolute atomic E-state index is 12.4. The molecule has 1 aromatic carbocycles. The number of H-pyrrole nitrogens is 1. The van der Waals surface area contributed by atoms with Gasteiger partial charge in [0.15, 0.2) is 5.16 Å². The minimum absolute atomic E-state index is 0.203. The number of thioether (sulfide) groups is 1. The molecule has 5 nitrogen and oxygen atoms in total. The van der Waals surface area contributed by atoms with Crippen LogP contribution in [0.25, 0.3) is 20.7 Å². The molecule has 0 atom stereocenters. The maximum Gasteiger partial charge on any atom is 0.322 e. The van der Waals surface area contributed by atoms with Gasteiger partial charge < -0.3 is 9.72 Å². The molecule has 0 fully saturated rings. The highest BCUT2D eigenvalue weighted by atomic mass is 32.2. The first kappa shape index (κ1) is 17.7. The van der Waals surface area contributed by atoms with E-state index in [1.165, 1.54) is 23.1 Å². The van der Waals surface area contributed by atoms with Crippen LogP contribution in [0.2, 0.25) is 0 Å². The molecule has 0 bridgehead atoms. The smallest absolute Gasteiger partial charge is 0.322 e. The molecule has 0 radical (unpaired) electrons. The lowest BCUT2D eigenvalue weighted by Crippen LogP contribution is -2.30. The number of aromatic nitrogens is 2. The van der Waals surface area contributed by atoms with E-state index in [9.17, 15) is 9.59 Å². The second-order valence-electron chi connectivity index (χ2n) is 5.90. The number of carbonyl (C=O) groups is 1. The van der Waals surface area contributed by atoms with Crippen molar-refractivity contribution in [3.05, 3.63) is 46.8 Å². The fourth-order valence-corrected chi connectivity index (χ4v) is 4.29. The molecule has 0 aliphatic heterocycles. The van der Waals surface area contributed by atoms with Crippen molar-refractivity contribution in [2.24, 2.45) is 0 Å². The third-order valence-corrected chi connectivity index (χ3v) is 5.70. The number of fused-ring (bicyclic) bond motifs is 1. The highest BCUT2D eigenvalue weighted by molar-refractivity contribution is 8.01. The molecule has 25 heavy (non-hydrogen) atoms. The van der Waals surface area contributed by atoms with E-state index < -0.39 is 4.75 Å². The van der Waals surface area contributed by atoms with Crippen LogP contribution >= 0.6 is 23.1 Å². The molecule has 0 amide bonds. The minimum atomic E-state index is -0.834. The highest BCUT2D eigenvalue weighted by Gasteiger charge is 2.32. The van der Waals surface area contributed by atoms with Crippen LogP contribution in [0, 0.1) is 0 Å². The van der Waals surface area contributed by atoms with Crippen molar-refractivity contribution < 1.29 is 9.53 Å². The first-order chi connectivity index (χ1) is 11.9. The molecule has 2 aromatic heterocycles. The van der Waals surface area contributed by atoms with E-state index in [0.29, 0.717) is 22.0 Å². The number of thiophene rings is 1. The third-order valence-electron chi connectivity index (χ3n) is 3.56. The van der Waals surface area contributed by atoms with Gasteiger partial charge in [0, 0.05) is 4.88 Å². The van der Waals surface area contributed by atoms with Gasteiger partial charge >= 0.3 is 5.97 Å². The number of aromatic amines is 1. The predicted octanol–water partition coefficient (Wildman–Crippen LogP) is 4.09. The van der Waals surface area contributed by atoms with Crippen molar-refractivity contribution in [2.75, 3.05) is 6.61 Å². The Morgan fingerprint density at radius 3 is 2.72 bits per heavy atom. The molecule has 0 saturated carbocycles. The quantitative estimate of drug-likeness (QED) is 0.414. The lowest BCUT2D eigenvalue weighted by molar-refractivity contribution is -0.145. The number of nitrogens with zero attached hydrogens (tertiary/aromatic N) is 1. The Hall–Kier alpha value is -2.12. The van der Waals surface area contributed by atoms with Gasteiger partial charge in [0.25, 0.3) is 5.56 Å². The van der Waals surface area contributed by atoms with E-state index in [-0.39, 0.29) is 11.5 Å². The Labute approximate surface area is 153 Å². The van der Waals surface area contributed by atoms with Crippen LogP contribution < -0.4 is 5.56 Å². The van der Waals surface area contributed by atoms with Gasteiger partial charge in [-0.05, 0) is 32.4 Å². The van der Waals surface area contributed by atoms with Crippen LogP contribution in [-0.2, 0) is 9.53 Å². The lowest BCUT2D eigenvalue weighted by Gasteiger charge is -2.20. The van der Waals surface area contributed by atoms with Crippen LogP contribution in [0.5, 0.6) is 0 Å². The number of hydrogen-bond donors (Lipinski definition) is 1. The number of rotatable bonds is 5. The molecule has 3 rings (SSSR count). The summed E-state index contributed by atoms with van der Waals surface area (Å²) < 4.78 is 4.25. The molecule has 0 saturated heterocycles. The minimum Gasteiger partial charge on any atom is -0.465 e. The van der Waals surface area contributed by atoms with Gasteiger partial charge in [-0.3, -0.25) is 9.59 Å².